The third-order valence-corrected chi connectivity index (χ3v) is 5.21. The Hall–Kier alpha value is -0.340. The van der Waals surface area contributed by atoms with Gasteiger partial charge in [0.05, 0.1) is 0 Å². The minimum atomic E-state index is -2.89. The van der Waals surface area contributed by atoms with Crippen molar-refractivity contribution in [2.24, 2.45) is 0 Å². The van der Waals surface area contributed by atoms with Crippen LogP contribution in [0, 0.1) is 0 Å². The maximum absolute atomic E-state index is 11.8. The smallest absolute Gasteiger partial charge is 0.200 e. The highest BCUT2D eigenvalue weighted by Crippen LogP contribution is 2.41. The zero-order valence-electron chi connectivity index (χ0n) is 11.4. The molecule has 0 amide bonds. The molecule has 1 aromatic carbocycles. The number of benzene rings is 1. The normalized spacial score (nSPS) is 14.3. The van der Waals surface area contributed by atoms with Crippen molar-refractivity contribution >= 4 is 19.0 Å². The Kier molecular flexibility index (Phi) is 7.70. The van der Waals surface area contributed by atoms with E-state index in [0.717, 1.165) is 42.9 Å². The first kappa shape index (κ1) is 16.7. The summed E-state index contributed by atoms with van der Waals surface area (Å²) in [6, 6.07) is 7.70. The van der Waals surface area contributed by atoms with Gasteiger partial charge in [0, 0.05) is 23.9 Å². The van der Waals surface area contributed by atoms with E-state index in [4.69, 9.17) is 11.6 Å². The van der Waals surface area contributed by atoms with E-state index in [2.05, 4.69) is 5.32 Å². The second-order valence-corrected chi connectivity index (χ2v) is 7.83. The van der Waals surface area contributed by atoms with Gasteiger partial charge in [0.2, 0.25) is 7.37 Å². The first-order chi connectivity index (χ1) is 9.03. The Morgan fingerprint density at radius 3 is 2.74 bits per heavy atom. The lowest BCUT2D eigenvalue weighted by Crippen LogP contribution is -2.16. The standard InChI is InChI=1S/C14H23ClNO2P/c1-2-3-9-19(17,18)10-5-8-16-12-13-6-4-7-14(15)11-13/h4,6-7,11,16H,2-3,5,8-10,12H2,1H3,(H,17,18). The van der Waals surface area contributed by atoms with Crippen molar-refractivity contribution in [3.8, 4) is 0 Å². The van der Waals surface area contributed by atoms with Gasteiger partial charge in [0.25, 0.3) is 0 Å². The molecule has 2 N–H and O–H groups in total. The van der Waals surface area contributed by atoms with Crippen LogP contribution in [0.1, 0.15) is 31.7 Å². The Morgan fingerprint density at radius 1 is 1.32 bits per heavy atom. The highest BCUT2D eigenvalue weighted by Gasteiger charge is 2.15. The number of hydrogen-bond acceptors (Lipinski definition) is 2. The largest absolute Gasteiger partial charge is 0.344 e. The Bertz CT molecular complexity index is 426. The third kappa shape index (κ3) is 7.74. The van der Waals surface area contributed by atoms with E-state index >= 15 is 0 Å². The van der Waals surface area contributed by atoms with Gasteiger partial charge in [-0.15, -0.1) is 0 Å². The first-order valence-corrected chi connectivity index (χ1v) is 9.20. The van der Waals surface area contributed by atoms with Crippen LogP contribution in [0.5, 0.6) is 0 Å². The van der Waals surface area contributed by atoms with Gasteiger partial charge in [0.1, 0.15) is 0 Å². The summed E-state index contributed by atoms with van der Waals surface area (Å²) in [5, 5.41) is 4.00. The molecule has 0 fully saturated rings. The zero-order chi connectivity index (χ0) is 14.1. The van der Waals surface area contributed by atoms with Gasteiger partial charge in [-0.2, -0.15) is 0 Å². The molecule has 0 aliphatic heterocycles. The van der Waals surface area contributed by atoms with E-state index in [0.29, 0.717) is 12.3 Å². The van der Waals surface area contributed by atoms with Crippen molar-refractivity contribution in [3.63, 3.8) is 0 Å². The summed E-state index contributed by atoms with van der Waals surface area (Å²) < 4.78 is 11.8. The predicted octanol–water partition coefficient (Wildman–Crippen LogP) is 3.89. The van der Waals surface area contributed by atoms with Crippen molar-refractivity contribution in [1.82, 2.24) is 5.32 Å². The lowest BCUT2D eigenvalue weighted by Gasteiger charge is -2.11. The second-order valence-electron chi connectivity index (χ2n) is 4.81. The molecular weight excluding hydrogens is 281 g/mol. The number of halogens is 1. The molecule has 0 bridgehead atoms. The first-order valence-electron chi connectivity index (χ1n) is 6.79. The number of nitrogens with one attached hydrogen (secondary N) is 1. The maximum Gasteiger partial charge on any atom is 0.200 e. The van der Waals surface area contributed by atoms with Crippen molar-refractivity contribution < 1.29 is 9.46 Å². The van der Waals surface area contributed by atoms with Crippen molar-refractivity contribution in [3.05, 3.63) is 34.9 Å². The van der Waals surface area contributed by atoms with Crippen LogP contribution in [0.25, 0.3) is 0 Å². The van der Waals surface area contributed by atoms with Crippen LogP contribution >= 0.6 is 19.0 Å². The molecule has 108 valence electrons. The summed E-state index contributed by atoms with van der Waals surface area (Å²) in [4.78, 5) is 9.71. The molecule has 1 atom stereocenters. The highest BCUT2D eigenvalue weighted by atomic mass is 35.5. The van der Waals surface area contributed by atoms with E-state index in [9.17, 15) is 9.46 Å². The molecule has 19 heavy (non-hydrogen) atoms. The van der Waals surface area contributed by atoms with Gasteiger partial charge >= 0.3 is 0 Å². The summed E-state index contributed by atoms with van der Waals surface area (Å²) in [5.74, 6) is 0. The molecule has 0 saturated heterocycles. The molecule has 0 spiro atoms. The quantitative estimate of drug-likeness (QED) is 0.537. The van der Waals surface area contributed by atoms with Gasteiger partial charge in [0.15, 0.2) is 0 Å². The fourth-order valence-corrected chi connectivity index (χ4v) is 3.75. The van der Waals surface area contributed by atoms with Crippen LogP contribution in [-0.4, -0.2) is 23.8 Å². The van der Waals surface area contributed by atoms with Crippen LogP contribution in [0.15, 0.2) is 24.3 Å². The fraction of sp³-hybridized carbons (Fsp3) is 0.571. The lowest BCUT2D eigenvalue weighted by atomic mass is 10.2. The van der Waals surface area contributed by atoms with Crippen LogP contribution in [0.4, 0.5) is 0 Å². The molecule has 0 aliphatic rings. The van der Waals surface area contributed by atoms with Crippen LogP contribution in [0.3, 0.4) is 0 Å². The summed E-state index contributed by atoms with van der Waals surface area (Å²) >= 11 is 5.90. The van der Waals surface area contributed by atoms with Gasteiger partial charge in [-0.1, -0.05) is 37.1 Å². The lowest BCUT2D eigenvalue weighted by molar-refractivity contribution is 0.472. The SMILES string of the molecule is CCCCP(=O)(O)CCCNCc1cccc(Cl)c1. The third-order valence-electron chi connectivity index (χ3n) is 2.94. The molecule has 5 heteroatoms. The summed E-state index contributed by atoms with van der Waals surface area (Å²) in [6.45, 7) is 3.53. The van der Waals surface area contributed by atoms with Crippen LogP contribution in [0.2, 0.25) is 5.02 Å². The number of hydrogen-bond donors (Lipinski definition) is 2. The fourth-order valence-electron chi connectivity index (χ4n) is 1.85. The highest BCUT2D eigenvalue weighted by molar-refractivity contribution is 7.57. The van der Waals surface area contributed by atoms with E-state index in [1.807, 2.05) is 31.2 Å². The average molecular weight is 304 g/mol. The van der Waals surface area contributed by atoms with Crippen molar-refractivity contribution in [1.29, 1.82) is 0 Å². The van der Waals surface area contributed by atoms with E-state index in [1.54, 1.807) is 0 Å². The molecule has 0 heterocycles. The van der Waals surface area contributed by atoms with Gasteiger partial charge in [-0.05, 0) is 37.1 Å². The van der Waals surface area contributed by atoms with E-state index in [1.165, 1.54) is 0 Å². The Labute approximate surface area is 120 Å². The van der Waals surface area contributed by atoms with Gasteiger partial charge < -0.3 is 10.2 Å². The average Bonchev–Trinajstić information content (AvgIpc) is 2.36. The minimum absolute atomic E-state index is 0.412. The number of unbranched alkanes of at least 4 members (excludes halogenated alkanes) is 1. The minimum Gasteiger partial charge on any atom is -0.344 e. The van der Waals surface area contributed by atoms with Crippen molar-refractivity contribution in [2.75, 3.05) is 18.9 Å². The molecule has 0 aromatic heterocycles. The zero-order valence-corrected chi connectivity index (χ0v) is 13.1. The summed E-state index contributed by atoms with van der Waals surface area (Å²) in [7, 11) is -2.89. The number of rotatable bonds is 9. The van der Waals surface area contributed by atoms with Crippen LogP contribution in [-0.2, 0) is 11.1 Å². The topological polar surface area (TPSA) is 49.3 Å². The predicted molar refractivity (Wildman–Crippen MR) is 82.2 cm³/mol. The summed E-state index contributed by atoms with van der Waals surface area (Å²) in [5.41, 5.74) is 1.13. The second kappa shape index (κ2) is 8.76. The van der Waals surface area contributed by atoms with Crippen molar-refractivity contribution in [2.45, 2.75) is 32.7 Å². The van der Waals surface area contributed by atoms with Gasteiger partial charge in [-0.25, -0.2) is 0 Å². The molecule has 3 nitrogen and oxygen atoms in total. The molecule has 0 aliphatic carbocycles. The monoisotopic (exact) mass is 303 g/mol. The van der Waals surface area contributed by atoms with Gasteiger partial charge in [-0.3, -0.25) is 4.57 Å². The molecular formula is C14H23ClNO2P. The molecule has 0 radical (unpaired) electrons. The van der Waals surface area contributed by atoms with Crippen LogP contribution < -0.4 is 5.32 Å². The molecule has 1 rings (SSSR count). The Balaban J connectivity index is 2.16. The molecule has 1 unspecified atom stereocenters. The summed E-state index contributed by atoms with van der Waals surface area (Å²) in [6.07, 6.45) is 3.41. The maximum atomic E-state index is 11.8. The van der Waals surface area contributed by atoms with E-state index in [-0.39, 0.29) is 0 Å². The van der Waals surface area contributed by atoms with E-state index < -0.39 is 7.37 Å². The molecule has 0 saturated carbocycles. The Morgan fingerprint density at radius 2 is 2.05 bits per heavy atom. The molecule has 1 aromatic rings.